The molecule has 0 aliphatic carbocycles. The maximum Gasteiger partial charge on any atom is 0.289 e. The summed E-state index contributed by atoms with van der Waals surface area (Å²) in [6.07, 6.45) is 1.30. The van der Waals surface area contributed by atoms with Gasteiger partial charge in [0.05, 0.1) is 6.04 Å². The van der Waals surface area contributed by atoms with Gasteiger partial charge in [-0.15, -0.1) is 11.3 Å². The van der Waals surface area contributed by atoms with E-state index in [2.05, 4.69) is 25.5 Å². The van der Waals surface area contributed by atoms with Crippen molar-refractivity contribution in [3.8, 4) is 0 Å². The van der Waals surface area contributed by atoms with Gasteiger partial charge in [-0.2, -0.15) is 5.10 Å². The van der Waals surface area contributed by atoms with Crippen LogP contribution in [0.25, 0.3) is 0 Å². The molecule has 0 saturated carbocycles. The first-order valence-corrected chi connectivity index (χ1v) is 5.63. The Morgan fingerprint density at radius 3 is 3.00 bits per heavy atom. The van der Waals surface area contributed by atoms with Gasteiger partial charge in [0.25, 0.3) is 5.91 Å². The summed E-state index contributed by atoms with van der Waals surface area (Å²) in [6, 6.07) is -0.128. The molecule has 2 aromatic heterocycles. The molecule has 1 atom stereocenters. The highest BCUT2D eigenvalue weighted by atomic mass is 32.1. The monoisotopic (exact) mass is 237 g/mol. The van der Waals surface area contributed by atoms with Crippen LogP contribution in [-0.2, 0) is 0 Å². The lowest BCUT2D eigenvalue weighted by atomic mass is 10.3. The Labute approximate surface area is 96.1 Å². The molecule has 16 heavy (non-hydrogen) atoms. The number of nitrogens with zero attached hydrogens (tertiary/aromatic N) is 3. The largest absolute Gasteiger partial charge is 0.340 e. The Kier molecular flexibility index (Phi) is 2.95. The van der Waals surface area contributed by atoms with Gasteiger partial charge in [-0.1, -0.05) is 0 Å². The minimum atomic E-state index is -0.280. The molecule has 0 bridgehead atoms. The lowest BCUT2D eigenvalue weighted by Crippen LogP contribution is -2.27. The minimum absolute atomic E-state index is 0.128. The van der Waals surface area contributed by atoms with E-state index in [0.29, 0.717) is 0 Å². The van der Waals surface area contributed by atoms with Gasteiger partial charge in [-0.05, 0) is 13.8 Å². The summed E-state index contributed by atoms with van der Waals surface area (Å²) >= 11 is 1.52. The van der Waals surface area contributed by atoms with Gasteiger partial charge in [0, 0.05) is 11.1 Å². The lowest BCUT2D eigenvalue weighted by molar-refractivity contribution is 0.0929. The predicted octanol–water partition coefficient (Wildman–Crippen LogP) is 1.06. The number of carbonyl (C=O) groups is 1. The van der Waals surface area contributed by atoms with Crippen LogP contribution >= 0.6 is 11.3 Å². The first-order chi connectivity index (χ1) is 7.66. The number of hydrogen-bond donors (Lipinski definition) is 2. The molecular weight excluding hydrogens is 226 g/mol. The third kappa shape index (κ3) is 2.25. The third-order valence-corrected chi connectivity index (χ3v) is 3.13. The van der Waals surface area contributed by atoms with Crippen molar-refractivity contribution in [1.82, 2.24) is 25.5 Å². The van der Waals surface area contributed by atoms with Crippen molar-refractivity contribution in [3.05, 3.63) is 28.2 Å². The Morgan fingerprint density at radius 1 is 1.62 bits per heavy atom. The van der Waals surface area contributed by atoms with Crippen molar-refractivity contribution >= 4 is 17.2 Å². The number of nitrogens with one attached hydrogen (secondary N) is 2. The van der Waals surface area contributed by atoms with Gasteiger partial charge in [0.2, 0.25) is 5.82 Å². The highest BCUT2D eigenvalue weighted by molar-refractivity contribution is 7.09. The van der Waals surface area contributed by atoms with E-state index >= 15 is 0 Å². The molecule has 0 unspecified atom stereocenters. The summed E-state index contributed by atoms with van der Waals surface area (Å²) in [7, 11) is 0. The molecule has 2 heterocycles. The van der Waals surface area contributed by atoms with Crippen LogP contribution < -0.4 is 5.32 Å². The second-order valence-corrected chi connectivity index (χ2v) is 4.25. The average molecular weight is 237 g/mol. The fourth-order valence-electron chi connectivity index (χ4n) is 1.21. The zero-order chi connectivity index (χ0) is 11.5. The summed E-state index contributed by atoms with van der Waals surface area (Å²) in [5, 5.41) is 11.7. The topological polar surface area (TPSA) is 83.6 Å². The molecule has 7 heteroatoms. The molecule has 0 spiro atoms. The standard InChI is InChI=1S/C9H11N5OS/c1-5-3-16-9(12-5)6(2)13-8(15)7-10-4-11-14-7/h3-4,6H,1-2H3,(H,13,15)(H,10,11,14)/t6-/m1/s1. The zero-order valence-electron chi connectivity index (χ0n) is 8.89. The van der Waals surface area contributed by atoms with Crippen LogP contribution in [0, 0.1) is 6.92 Å². The molecule has 6 nitrogen and oxygen atoms in total. The summed E-state index contributed by atoms with van der Waals surface area (Å²) < 4.78 is 0. The molecule has 0 saturated heterocycles. The number of thiazole rings is 1. The van der Waals surface area contributed by atoms with Crippen molar-refractivity contribution in [1.29, 1.82) is 0 Å². The van der Waals surface area contributed by atoms with Gasteiger partial charge < -0.3 is 5.32 Å². The van der Waals surface area contributed by atoms with Crippen LogP contribution in [0.2, 0.25) is 0 Å². The van der Waals surface area contributed by atoms with Crippen molar-refractivity contribution in [2.24, 2.45) is 0 Å². The highest BCUT2D eigenvalue weighted by Gasteiger charge is 2.15. The van der Waals surface area contributed by atoms with Gasteiger partial charge >= 0.3 is 0 Å². The van der Waals surface area contributed by atoms with E-state index in [1.54, 1.807) is 0 Å². The number of aromatic nitrogens is 4. The SMILES string of the molecule is Cc1csc([C@@H](C)NC(=O)c2ncn[nH]2)n1. The van der Waals surface area contributed by atoms with E-state index in [4.69, 9.17) is 0 Å². The van der Waals surface area contributed by atoms with Crippen LogP contribution in [0.4, 0.5) is 0 Å². The molecule has 2 rings (SSSR count). The Balaban J connectivity index is 2.03. The second-order valence-electron chi connectivity index (χ2n) is 3.36. The second kappa shape index (κ2) is 4.40. The van der Waals surface area contributed by atoms with Gasteiger partial charge in [0.15, 0.2) is 0 Å². The summed E-state index contributed by atoms with van der Waals surface area (Å²) in [5.41, 5.74) is 0.959. The average Bonchev–Trinajstić information content (AvgIpc) is 2.87. The number of aryl methyl sites for hydroxylation is 1. The van der Waals surface area contributed by atoms with Gasteiger partial charge in [0.1, 0.15) is 11.3 Å². The molecular formula is C9H11N5OS. The van der Waals surface area contributed by atoms with E-state index < -0.39 is 0 Å². The van der Waals surface area contributed by atoms with Crippen molar-refractivity contribution < 1.29 is 4.79 Å². The maximum atomic E-state index is 11.6. The molecule has 0 radical (unpaired) electrons. The quantitative estimate of drug-likeness (QED) is 0.836. The van der Waals surface area contributed by atoms with Crippen LogP contribution in [0.1, 0.15) is 34.3 Å². The van der Waals surface area contributed by atoms with E-state index in [1.807, 2.05) is 19.2 Å². The summed E-state index contributed by atoms with van der Waals surface area (Å²) in [6.45, 7) is 3.80. The minimum Gasteiger partial charge on any atom is -0.340 e. The van der Waals surface area contributed by atoms with Crippen molar-refractivity contribution in [2.45, 2.75) is 19.9 Å². The number of H-pyrrole nitrogens is 1. The molecule has 0 aliphatic heterocycles. The Morgan fingerprint density at radius 2 is 2.44 bits per heavy atom. The van der Waals surface area contributed by atoms with E-state index in [-0.39, 0.29) is 17.8 Å². The fourth-order valence-corrected chi connectivity index (χ4v) is 2.02. The van der Waals surface area contributed by atoms with Crippen molar-refractivity contribution in [2.75, 3.05) is 0 Å². The highest BCUT2D eigenvalue weighted by Crippen LogP contribution is 2.17. The van der Waals surface area contributed by atoms with Crippen molar-refractivity contribution in [3.63, 3.8) is 0 Å². The Hall–Kier alpha value is -1.76. The first-order valence-electron chi connectivity index (χ1n) is 4.75. The van der Waals surface area contributed by atoms with E-state index in [9.17, 15) is 4.79 Å². The summed E-state index contributed by atoms with van der Waals surface area (Å²) in [4.78, 5) is 19.7. The van der Waals surface area contributed by atoms with Crippen LogP contribution in [-0.4, -0.2) is 26.1 Å². The van der Waals surface area contributed by atoms with Gasteiger partial charge in [-0.25, -0.2) is 9.97 Å². The predicted molar refractivity (Wildman–Crippen MR) is 59.1 cm³/mol. The number of aromatic amines is 1. The van der Waals surface area contributed by atoms with Crippen LogP contribution in [0.15, 0.2) is 11.7 Å². The number of hydrogen-bond acceptors (Lipinski definition) is 5. The molecule has 0 fully saturated rings. The van der Waals surface area contributed by atoms with Gasteiger partial charge in [-0.3, -0.25) is 9.89 Å². The Bertz CT molecular complexity index is 478. The molecule has 2 aromatic rings. The van der Waals surface area contributed by atoms with E-state index in [1.165, 1.54) is 17.7 Å². The molecule has 2 N–H and O–H groups in total. The first kappa shape index (κ1) is 10.7. The van der Waals surface area contributed by atoms with Crippen LogP contribution in [0.5, 0.6) is 0 Å². The molecule has 1 amide bonds. The zero-order valence-corrected chi connectivity index (χ0v) is 9.71. The van der Waals surface area contributed by atoms with Crippen LogP contribution in [0.3, 0.4) is 0 Å². The summed E-state index contributed by atoms with van der Waals surface area (Å²) in [5.74, 6) is -0.0713. The third-order valence-electron chi connectivity index (χ3n) is 1.98. The van der Waals surface area contributed by atoms with E-state index in [0.717, 1.165) is 10.7 Å². The fraction of sp³-hybridized carbons (Fsp3) is 0.333. The number of amides is 1. The lowest BCUT2D eigenvalue weighted by Gasteiger charge is -2.09. The molecule has 84 valence electrons. The maximum absolute atomic E-state index is 11.6. The smallest absolute Gasteiger partial charge is 0.289 e. The number of rotatable bonds is 3. The molecule has 0 aliphatic rings. The molecule has 0 aromatic carbocycles. The number of carbonyl (C=O) groups excluding carboxylic acids is 1. The normalized spacial score (nSPS) is 12.4.